The van der Waals surface area contributed by atoms with Crippen LogP contribution in [0.3, 0.4) is 0 Å². The summed E-state index contributed by atoms with van der Waals surface area (Å²) < 4.78 is 32.0. The second kappa shape index (κ2) is 9.45. The van der Waals surface area contributed by atoms with Crippen molar-refractivity contribution < 1.29 is 28.0 Å². The molecular weight excluding hydrogens is 447 g/mol. The molecule has 2 aromatic heterocycles. The van der Waals surface area contributed by atoms with Crippen molar-refractivity contribution in [3.8, 4) is 23.1 Å². The number of ether oxygens (including phenoxy) is 2. The Morgan fingerprint density at radius 2 is 2.00 bits per heavy atom. The van der Waals surface area contributed by atoms with Gasteiger partial charge in [-0.2, -0.15) is 9.78 Å². The van der Waals surface area contributed by atoms with Crippen LogP contribution in [0.4, 0.5) is 10.1 Å². The van der Waals surface area contributed by atoms with Crippen molar-refractivity contribution in [3.05, 3.63) is 93.8 Å². The van der Waals surface area contributed by atoms with E-state index in [1.165, 1.54) is 18.1 Å². The third-order valence-corrected chi connectivity index (χ3v) is 4.94. The van der Waals surface area contributed by atoms with Gasteiger partial charge in [-0.1, -0.05) is 0 Å². The Hall–Kier alpha value is -4.67. The van der Waals surface area contributed by atoms with Crippen molar-refractivity contribution >= 4 is 11.6 Å². The second-order valence-corrected chi connectivity index (χ2v) is 7.12. The summed E-state index contributed by atoms with van der Waals surface area (Å²) in [5.41, 5.74) is 0.500. The minimum Gasteiger partial charge on any atom is -0.497 e. The molecule has 0 radical (unpaired) electrons. The van der Waals surface area contributed by atoms with Gasteiger partial charge in [-0.15, -0.1) is 0 Å². The molecule has 174 valence electrons. The van der Waals surface area contributed by atoms with Crippen LogP contribution in [0.15, 0.2) is 65.3 Å². The summed E-state index contributed by atoms with van der Waals surface area (Å²) >= 11 is 0. The molecule has 0 saturated carbocycles. The third kappa shape index (κ3) is 4.58. The highest BCUT2D eigenvalue weighted by atomic mass is 19.1. The first-order valence-corrected chi connectivity index (χ1v) is 10.0. The number of hydrogen-bond donors (Lipinski definition) is 1. The average Bonchev–Trinajstić information content (AvgIpc) is 3.47. The molecule has 0 aliphatic carbocycles. The lowest BCUT2D eigenvalue weighted by molar-refractivity contribution is -0.385. The molecule has 4 aromatic rings. The summed E-state index contributed by atoms with van der Waals surface area (Å²) in [6.45, 7) is 1.75. The summed E-state index contributed by atoms with van der Waals surface area (Å²) in [4.78, 5) is 23.1. The quantitative estimate of drug-likeness (QED) is 0.299. The van der Waals surface area contributed by atoms with Gasteiger partial charge >= 0.3 is 0 Å². The number of nitro groups is 1. The molecule has 0 fully saturated rings. The van der Waals surface area contributed by atoms with Gasteiger partial charge in [0.1, 0.15) is 11.5 Å². The summed E-state index contributed by atoms with van der Waals surface area (Å²) in [5.74, 6) is -0.444. The van der Waals surface area contributed by atoms with Crippen LogP contribution < -0.4 is 14.8 Å². The lowest BCUT2D eigenvalue weighted by Gasteiger charge is -2.11. The molecule has 0 atom stereocenters. The molecule has 0 spiro atoms. The van der Waals surface area contributed by atoms with Crippen LogP contribution >= 0.6 is 0 Å². The van der Waals surface area contributed by atoms with Crippen molar-refractivity contribution in [3.63, 3.8) is 0 Å². The summed E-state index contributed by atoms with van der Waals surface area (Å²) in [6, 6.07) is 13.2. The van der Waals surface area contributed by atoms with E-state index in [-0.39, 0.29) is 23.9 Å². The first kappa shape index (κ1) is 22.5. The molecule has 1 N–H and O–H groups in total. The van der Waals surface area contributed by atoms with E-state index in [4.69, 9.17) is 13.9 Å². The van der Waals surface area contributed by atoms with E-state index in [9.17, 15) is 19.3 Å². The van der Waals surface area contributed by atoms with Crippen molar-refractivity contribution in [1.82, 2.24) is 15.1 Å². The molecule has 0 bridgehead atoms. The lowest BCUT2D eigenvalue weighted by atomic mass is 10.2. The number of nitro benzene ring substituents is 1. The Labute approximate surface area is 192 Å². The maximum absolute atomic E-state index is 14.5. The van der Waals surface area contributed by atoms with E-state index in [2.05, 4.69) is 10.4 Å². The molecule has 2 aromatic carbocycles. The van der Waals surface area contributed by atoms with Gasteiger partial charge in [0.25, 0.3) is 11.6 Å². The molecular formula is C23H19FN4O6. The number of carbonyl (C=O) groups excluding carboxylic acids is 1. The Kier molecular flexibility index (Phi) is 6.26. The Bertz CT molecular complexity index is 1330. The second-order valence-electron chi connectivity index (χ2n) is 7.12. The normalized spacial score (nSPS) is 10.7. The number of aromatic nitrogens is 2. The van der Waals surface area contributed by atoms with Gasteiger partial charge in [-0.3, -0.25) is 14.9 Å². The van der Waals surface area contributed by atoms with Crippen LogP contribution in [0.25, 0.3) is 5.69 Å². The van der Waals surface area contributed by atoms with Crippen molar-refractivity contribution in [1.29, 1.82) is 0 Å². The highest BCUT2D eigenvalue weighted by Crippen LogP contribution is 2.33. The van der Waals surface area contributed by atoms with Crippen LogP contribution in [0, 0.1) is 22.9 Å². The fraction of sp³-hybridized carbons (Fsp3) is 0.130. The van der Waals surface area contributed by atoms with Gasteiger partial charge in [0.15, 0.2) is 17.3 Å². The Morgan fingerprint density at radius 1 is 1.24 bits per heavy atom. The smallest absolute Gasteiger partial charge is 0.272 e. The fourth-order valence-electron chi connectivity index (χ4n) is 3.17. The molecule has 10 nitrogen and oxygen atoms in total. The molecule has 1 amide bonds. The number of rotatable bonds is 8. The SMILES string of the molecule is COc1ccc(-n2nc(C(=O)NCc3ccco3)c(C)c2Oc2ccc([N+](=O)[O-])cc2F)cc1. The van der Waals surface area contributed by atoms with Crippen molar-refractivity contribution in [2.24, 2.45) is 0 Å². The number of furan rings is 1. The van der Waals surface area contributed by atoms with Gasteiger partial charge in [-0.05, 0) is 49.4 Å². The zero-order valence-corrected chi connectivity index (χ0v) is 18.1. The van der Waals surface area contributed by atoms with Gasteiger partial charge in [0.05, 0.1) is 36.6 Å². The van der Waals surface area contributed by atoms with Gasteiger partial charge in [0, 0.05) is 11.6 Å². The minimum absolute atomic E-state index is 0.0553. The number of benzene rings is 2. The topological polar surface area (TPSA) is 122 Å². The Balaban J connectivity index is 1.72. The maximum atomic E-state index is 14.5. The predicted octanol–water partition coefficient (Wildman–Crippen LogP) is 4.55. The summed E-state index contributed by atoms with van der Waals surface area (Å²) in [5, 5.41) is 18.0. The molecule has 4 rings (SSSR count). The number of carbonyl (C=O) groups is 1. The number of nitrogens with zero attached hydrogens (tertiary/aromatic N) is 3. The van der Waals surface area contributed by atoms with Crippen LogP contribution in [0.2, 0.25) is 0 Å². The van der Waals surface area contributed by atoms with Crippen molar-refractivity contribution in [2.45, 2.75) is 13.5 Å². The molecule has 34 heavy (non-hydrogen) atoms. The van der Waals surface area contributed by atoms with E-state index >= 15 is 0 Å². The first-order chi connectivity index (χ1) is 16.4. The van der Waals surface area contributed by atoms with E-state index in [0.717, 1.165) is 18.2 Å². The van der Waals surface area contributed by atoms with Gasteiger partial charge < -0.3 is 19.2 Å². The number of nitrogens with one attached hydrogen (secondary N) is 1. The highest BCUT2D eigenvalue weighted by Gasteiger charge is 2.24. The summed E-state index contributed by atoms with van der Waals surface area (Å²) in [6.07, 6.45) is 1.50. The lowest BCUT2D eigenvalue weighted by Crippen LogP contribution is -2.23. The van der Waals surface area contributed by atoms with Crippen LogP contribution in [-0.4, -0.2) is 27.7 Å². The fourth-order valence-corrected chi connectivity index (χ4v) is 3.17. The maximum Gasteiger partial charge on any atom is 0.272 e. The molecule has 2 heterocycles. The summed E-state index contributed by atoms with van der Waals surface area (Å²) in [7, 11) is 1.53. The van der Waals surface area contributed by atoms with Gasteiger partial charge in [0.2, 0.25) is 5.88 Å². The molecule has 0 aliphatic rings. The highest BCUT2D eigenvalue weighted by molar-refractivity contribution is 5.94. The number of hydrogen-bond acceptors (Lipinski definition) is 7. The van der Waals surface area contributed by atoms with Crippen LogP contribution in [0.1, 0.15) is 21.8 Å². The average molecular weight is 466 g/mol. The molecule has 0 aliphatic heterocycles. The third-order valence-electron chi connectivity index (χ3n) is 4.94. The van der Waals surface area contributed by atoms with E-state index < -0.39 is 22.3 Å². The number of non-ortho nitro benzene ring substituents is 1. The van der Waals surface area contributed by atoms with Gasteiger partial charge in [-0.25, -0.2) is 4.39 Å². The zero-order valence-electron chi connectivity index (χ0n) is 18.1. The number of amides is 1. The molecule has 0 unspecified atom stereocenters. The standard InChI is InChI=1S/C23H19FN4O6/c1-14-21(22(29)25-13-18-4-3-11-33-18)26-27(15-5-8-17(32-2)9-6-15)23(14)34-20-10-7-16(28(30)31)12-19(20)24/h3-12H,13H2,1-2H3,(H,25,29). The van der Waals surface area contributed by atoms with E-state index in [1.807, 2.05) is 0 Å². The largest absolute Gasteiger partial charge is 0.497 e. The van der Waals surface area contributed by atoms with E-state index in [0.29, 0.717) is 22.8 Å². The molecule has 11 heteroatoms. The number of halogens is 1. The van der Waals surface area contributed by atoms with E-state index in [1.54, 1.807) is 43.3 Å². The monoisotopic (exact) mass is 466 g/mol. The predicted molar refractivity (Wildman–Crippen MR) is 118 cm³/mol. The molecule has 0 saturated heterocycles. The first-order valence-electron chi connectivity index (χ1n) is 10.0. The number of methoxy groups -OCH3 is 1. The van der Waals surface area contributed by atoms with Crippen LogP contribution in [-0.2, 0) is 6.54 Å². The van der Waals surface area contributed by atoms with Crippen molar-refractivity contribution in [2.75, 3.05) is 7.11 Å². The zero-order chi connectivity index (χ0) is 24.2. The Morgan fingerprint density at radius 3 is 2.62 bits per heavy atom. The van der Waals surface area contributed by atoms with Crippen LogP contribution in [0.5, 0.6) is 17.4 Å². The minimum atomic E-state index is -0.931.